The zero-order valence-corrected chi connectivity index (χ0v) is 19.1. The molecule has 1 fully saturated rings. The van der Waals surface area contributed by atoms with Crippen molar-refractivity contribution in [3.8, 4) is 0 Å². The van der Waals surface area contributed by atoms with Crippen molar-refractivity contribution in [2.45, 2.75) is 45.1 Å². The molecule has 1 atom stereocenters. The third-order valence-electron chi connectivity index (χ3n) is 5.19. The van der Waals surface area contributed by atoms with Gasteiger partial charge in [-0.1, -0.05) is 44.2 Å². The monoisotopic (exact) mass is 448 g/mol. The van der Waals surface area contributed by atoms with Gasteiger partial charge in [0.05, 0.1) is 31.2 Å². The van der Waals surface area contributed by atoms with E-state index >= 15 is 0 Å². The van der Waals surface area contributed by atoms with Crippen molar-refractivity contribution in [2.75, 3.05) is 26.2 Å². The normalized spacial score (nSPS) is 16.8. The molecule has 1 aliphatic heterocycles. The molecule has 170 valence electrons. The zero-order valence-electron chi connectivity index (χ0n) is 18.3. The van der Waals surface area contributed by atoms with Crippen LogP contribution in [0.2, 0.25) is 0 Å². The van der Waals surface area contributed by atoms with Crippen LogP contribution in [-0.2, 0) is 31.9 Å². The average Bonchev–Trinajstić information content (AvgIpc) is 3.41. The summed E-state index contributed by atoms with van der Waals surface area (Å²) in [5.74, 6) is 0.380. The van der Waals surface area contributed by atoms with Crippen LogP contribution in [0.3, 0.4) is 0 Å². The first-order chi connectivity index (χ1) is 14.8. The second kappa shape index (κ2) is 10.9. The van der Waals surface area contributed by atoms with Gasteiger partial charge in [0.25, 0.3) is 0 Å². The predicted octanol–water partition coefficient (Wildman–Crippen LogP) is 3.28. The summed E-state index contributed by atoms with van der Waals surface area (Å²) < 4.78 is 38.8. The molecule has 31 heavy (non-hydrogen) atoms. The molecule has 1 aromatic heterocycles. The zero-order chi connectivity index (χ0) is 22.3. The molecule has 0 spiro atoms. The molecular weight excluding hydrogens is 416 g/mol. The molecule has 0 radical (unpaired) electrons. The maximum Gasteiger partial charge on any atom is 0.238 e. The molecule has 2 aromatic rings. The highest BCUT2D eigenvalue weighted by Gasteiger charge is 2.30. The second-order valence-corrected chi connectivity index (χ2v) is 10.4. The van der Waals surface area contributed by atoms with Crippen molar-refractivity contribution in [3.63, 3.8) is 0 Å². The number of furan rings is 1. The van der Waals surface area contributed by atoms with Gasteiger partial charge >= 0.3 is 0 Å². The van der Waals surface area contributed by atoms with E-state index in [1.165, 1.54) is 4.31 Å². The number of ether oxygens (including phenoxy) is 1. The number of nitrogens with zero attached hydrogens (tertiary/aromatic N) is 2. The van der Waals surface area contributed by atoms with E-state index in [-0.39, 0.29) is 36.8 Å². The lowest BCUT2D eigenvalue weighted by Crippen LogP contribution is -2.46. The average molecular weight is 449 g/mol. The third-order valence-corrected chi connectivity index (χ3v) is 6.96. The molecule has 2 heterocycles. The van der Waals surface area contributed by atoms with Crippen molar-refractivity contribution in [3.05, 3.63) is 60.1 Å². The van der Waals surface area contributed by atoms with Crippen LogP contribution in [-0.4, -0.2) is 55.9 Å². The van der Waals surface area contributed by atoms with Crippen molar-refractivity contribution in [2.24, 2.45) is 5.92 Å². The number of sulfonamides is 1. The molecule has 1 aromatic carbocycles. The van der Waals surface area contributed by atoms with Gasteiger partial charge < -0.3 is 14.1 Å². The van der Waals surface area contributed by atoms with Gasteiger partial charge in [-0.2, -0.15) is 4.31 Å². The number of carbonyl (C=O) groups is 1. The molecule has 1 aliphatic rings. The van der Waals surface area contributed by atoms with Crippen molar-refractivity contribution < 1.29 is 22.4 Å². The molecule has 0 saturated carbocycles. The highest BCUT2D eigenvalue weighted by atomic mass is 32.2. The number of carbonyl (C=O) groups excluding carboxylic acids is 1. The lowest BCUT2D eigenvalue weighted by molar-refractivity contribution is -0.134. The van der Waals surface area contributed by atoms with Crippen LogP contribution in [0.1, 0.15) is 38.0 Å². The first-order valence-corrected chi connectivity index (χ1v) is 12.4. The van der Waals surface area contributed by atoms with Crippen LogP contribution in [0.25, 0.3) is 0 Å². The largest absolute Gasteiger partial charge is 0.467 e. The first kappa shape index (κ1) is 23.5. The molecule has 0 bridgehead atoms. The summed E-state index contributed by atoms with van der Waals surface area (Å²) in [6.45, 7) is 5.40. The Morgan fingerprint density at radius 3 is 2.55 bits per heavy atom. The minimum Gasteiger partial charge on any atom is -0.467 e. The molecule has 1 amide bonds. The van der Waals surface area contributed by atoms with E-state index in [0.717, 1.165) is 12.8 Å². The van der Waals surface area contributed by atoms with Gasteiger partial charge in [0.1, 0.15) is 5.76 Å². The first-order valence-electron chi connectivity index (χ1n) is 10.8. The maximum atomic E-state index is 13.3. The Morgan fingerprint density at radius 2 is 1.94 bits per heavy atom. The molecular formula is C23H32N2O5S. The minimum atomic E-state index is -3.66. The Morgan fingerprint density at radius 1 is 1.16 bits per heavy atom. The Labute approximate surface area is 185 Å². The van der Waals surface area contributed by atoms with E-state index in [1.54, 1.807) is 29.4 Å². The van der Waals surface area contributed by atoms with Crippen molar-refractivity contribution in [1.82, 2.24) is 9.21 Å². The Balaban J connectivity index is 1.75. The Hall–Kier alpha value is -2.16. The molecule has 1 saturated heterocycles. The quantitative estimate of drug-likeness (QED) is 0.527. The summed E-state index contributed by atoms with van der Waals surface area (Å²) in [4.78, 5) is 14.9. The Bertz CT molecular complexity index is 907. The van der Waals surface area contributed by atoms with Gasteiger partial charge in [-0.05, 0) is 36.5 Å². The maximum absolute atomic E-state index is 13.3. The van der Waals surface area contributed by atoms with Gasteiger partial charge in [-0.25, -0.2) is 8.42 Å². The highest BCUT2D eigenvalue weighted by molar-refractivity contribution is 7.88. The molecule has 0 aliphatic carbocycles. The van der Waals surface area contributed by atoms with E-state index in [9.17, 15) is 13.2 Å². The van der Waals surface area contributed by atoms with Crippen molar-refractivity contribution >= 4 is 15.9 Å². The van der Waals surface area contributed by atoms with E-state index < -0.39 is 10.0 Å². The third kappa shape index (κ3) is 7.19. The lowest BCUT2D eigenvalue weighted by atomic mass is 10.2. The summed E-state index contributed by atoms with van der Waals surface area (Å²) in [6, 6.07) is 12.6. The summed E-state index contributed by atoms with van der Waals surface area (Å²) in [6.07, 6.45) is 3.40. The Kier molecular flexibility index (Phi) is 8.28. The fourth-order valence-corrected chi connectivity index (χ4v) is 5.32. The molecule has 8 heteroatoms. The minimum absolute atomic E-state index is 0.0293. The summed E-state index contributed by atoms with van der Waals surface area (Å²) in [7, 11) is -3.66. The topological polar surface area (TPSA) is 80.1 Å². The van der Waals surface area contributed by atoms with E-state index in [1.807, 2.05) is 38.1 Å². The van der Waals surface area contributed by atoms with Gasteiger partial charge in [0, 0.05) is 19.7 Å². The van der Waals surface area contributed by atoms with Crippen LogP contribution in [0.15, 0.2) is 53.1 Å². The van der Waals surface area contributed by atoms with Gasteiger partial charge in [0.15, 0.2) is 0 Å². The second-order valence-electron chi connectivity index (χ2n) is 8.42. The van der Waals surface area contributed by atoms with Crippen LogP contribution >= 0.6 is 0 Å². The predicted molar refractivity (Wildman–Crippen MR) is 119 cm³/mol. The van der Waals surface area contributed by atoms with Gasteiger partial charge in [0.2, 0.25) is 15.9 Å². The van der Waals surface area contributed by atoms with Crippen LogP contribution in [0.5, 0.6) is 0 Å². The summed E-state index contributed by atoms with van der Waals surface area (Å²) in [5.41, 5.74) is 0.704. The van der Waals surface area contributed by atoms with Gasteiger partial charge in [-0.15, -0.1) is 0 Å². The molecule has 0 N–H and O–H groups in total. The van der Waals surface area contributed by atoms with Crippen LogP contribution < -0.4 is 0 Å². The van der Waals surface area contributed by atoms with E-state index in [0.29, 0.717) is 31.0 Å². The highest BCUT2D eigenvalue weighted by Crippen LogP contribution is 2.18. The molecule has 7 nitrogen and oxygen atoms in total. The standard InChI is InChI=1S/C23H32N2O5S/c1-19(2)14-25(31(27,28)18-20-8-4-3-5-9-20)17-23(26)24(15-21-10-6-12-29-21)16-22-11-7-13-30-22/h3-6,8-10,12,19,22H,7,11,13-18H2,1-2H3/t22-/m0/s1. The van der Waals surface area contributed by atoms with Crippen LogP contribution in [0, 0.1) is 5.92 Å². The van der Waals surface area contributed by atoms with Gasteiger partial charge in [-0.3, -0.25) is 4.79 Å². The van der Waals surface area contributed by atoms with E-state index in [2.05, 4.69) is 0 Å². The molecule has 3 rings (SSSR count). The fraction of sp³-hybridized carbons (Fsp3) is 0.522. The number of hydrogen-bond donors (Lipinski definition) is 0. The smallest absolute Gasteiger partial charge is 0.238 e. The number of amides is 1. The SMILES string of the molecule is CC(C)CN(CC(=O)N(Cc1ccco1)C[C@@H]1CCCO1)S(=O)(=O)Cc1ccccc1. The lowest BCUT2D eigenvalue weighted by Gasteiger charge is -2.29. The number of rotatable bonds is 11. The number of benzene rings is 1. The summed E-state index contributed by atoms with van der Waals surface area (Å²) in [5, 5.41) is 0. The number of hydrogen-bond acceptors (Lipinski definition) is 5. The summed E-state index contributed by atoms with van der Waals surface area (Å²) >= 11 is 0. The fourth-order valence-electron chi connectivity index (χ4n) is 3.69. The molecule has 0 unspecified atom stereocenters. The van der Waals surface area contributed by atoms with Crippen molar-refractivity contribution in [1.29, 1.82) is 0 Å². The van der Waals surface area contributed by atoms with E-state index in [4.69, 9.17) is 9.15 Å². The van der Waals surface area contributed by atoms with Crippen LogP contribution in [0.4, 0.5) is 0 Å².